The van der Waals surface area contributed by atoms with Crippen LogP contribution in [0.25, 0.3) is 0 Å². The number of rotatable bonds is 3. The van der Waals surface area contributed by atoms with Gasteiger partial charge >= 0.3 is 0 Å². The average Bonchev–Trinajstić information content (AvgIpc) is 2.36. The number of hydrogen-bond donors (Lipinski definition) is 2. The Kier molecular flexibility index (Phi) is 3.90. The van der Waals surface area contributed by atoms with Crippen molar-refractivity contribution in [1.29, 1.82) is 0 Å². The van der Waals surface area contributed by atoms with Crippen LogP contribution in [0.4, 0.5) is 8.78 Å². The minimum absolute atomic E-state index is 0.157. The van der Waals surface area contributed by atoms with Gasteiger partial charge in [0.15, 0.2) is 11.6 Å². The fourth-order valence-corrected chi connectivity index (χ4v) is 2.10. The maximum absolute atomic E-state index is 13.6. The number of carbonyl (C=O) groups excluding carboxylic acids is 2. The van der Waals surface area contributed by atoms with Gasteiger partial charge in [0.25, 0.3) is 0 Å². The van der Waals surface area contributed by atoms with Gasteiger partial charge in [-0.3, -0.25) is 20.2 Å². The first-order valence-corrected chi connectivity index (χ1v) is 6.02. The van der Waals surface area contributed by atoms with Crippen LogP contribution < -0.4 is 10.6 Å². The molecule has 2 N–H and O–H groups in total. The molecular formula is C13H14F2N2O2. The van der Waals surface area contributed by atoms with E-state index in [0.717, 1.165) is 6.07 Å². The minimum atomic E-state index is -0.922. The Morgan fingerprint density at radius 1 is 1.37 bits per heavy atom. The van der Waals surface area contributed by atoms with Crippen LogP contribution in [0.2, 0.25) is 0 Å². The molecule has 102 valence electrons. The molecule has 4 nitrogen and oxygen atoms in total. The Bertz CT molecular complexity index is 519. The summed E-state index contributed by atoms with van der Waals surface area (Å²) in [5.74, 6) is -2.59. The smallest absolute Gasteiger partial charge is 0.243 e. The van der Waals surface area contributed by atoms with Gasteiger partial charge in [-0.1, -0.05) is 12.1 Å². The molecule has 0 bridgehead atoms. The predicted octanol–water partition coefficient (Wildman–Crippen LogP) is 1.42. The first-order valence-electron chi connectivity index (χ1n) is 6.02. The number of carbonyl (C=O) groups is 2. The van der Waals surface area contributed by atoms with Gasteiger partial charge in [-0.15, -0.1) is 0 Å². The van der Waals surface area contributed by atoms with Crippen molar-refractivity contribution in [2.45, 2.75) is 31.8 Å². The molecule has 2 amide bonds. The van der Waals surface area contributed by atoms with E-state index in [1.165, 1.54) is 12.1 Å². The lowest BCUT2D eigenvalue weighted by Gasteiger charge is -2.25. The standard InChI is InChI=1S/C13H14F2N2O2/c1-7(8-3-2-4-9(14)12(8)15)16-10-5-6-11(18)17-13(10)19/h2-4,7,10,16H,5-6H2,1H3,(H,17,18,19). The Hall–Kier alpha value is -1.82. The monoisotopic (exact) mass is 268 g/mol. The van der Waals surface area contributed by atoms with E-state index >= 15 is 0 Å². The quantitative estimate of drug-likeness (QED) is 0.815. The van der Waals surface area contributed by atoms with E-state index in [1.54, 1.807) is 6.92 Å². The summed E-state index contributed by atoms with van der Waals surface area (Å²) in [6, 6.07) is 2.81. The van der Waals surface area contributed by atoms with Gasteiger partial charge in [-0.2, -0.15) is 0 Å². The molecule has 1 aliphatic rings. The van der Waals surface area contributed by atoms with Crippen molar-refractivity contribution >= 4 is 11.8 Å². The van der Waals surface area contributed by atoms with E-state index in [2.05, 4.69) is 10.6 Å². The molecule has 6 heteroatoms. The van der Waals surface area contributed by atoms with E-state index in [4.69, 9.17) is 0 Å². The van der Waals surface area contributed by atoms with Crippen molar-refractivity contribution in [3.05, 3.63) is 35.4 Å². The molecule has 0 aliphatic carbocycles. The fraction of sp³-hybridized carbons (Fsp3) is 0.385. The molecule has 1 aromatic carbocycles. The van der Waals surface area contributed by atoms with Crippen molar-refractivity contribution in [3.8, 4) is 0 Å². The topological polar surface area (TPSA) is 58.2 Å². The predicted molar refractivity (Wildman–Crippen MR) is 64.1 cm³/mol. The fourth-order valence-electron chi connectivity index (χ4n) is 2.10. The summed E-state index contributed by atoms with van der Waals surface area (Å²) in [6.45, 7) is 1.64. The molecule has 1 fully saturated rings. The number of benzene rings is 1. The second kappa shape index (κ2) is 5.44. The van der Waals surface area contributed by atoms with Crippen LogP contribution >= 0.6 is 0 Å². The largest absolute Gasteiger partial charge is 0.299 e. The summed E-state index contributed by atoms with van der Waals surface area (Å²) in [7, 11) is 0. The number of amides is 2. The second-order valence-electron chi connectivity index (χ2n) is 4.54. The van der Waals surface area contributed by atoms with Gasteiger partial charge in [0, 0.05) is 18.0 Å². The van der Waals surface area contributed by atoms with Gasteiger partial charge < -0.3 is 0 Å². The van der Waals surface area contributed by atoms with Crippen LogP contribution in [0.5, 0.6) is 0 Å². The summed E-state index contributed by atoms with van der Waals surface area (Å²) in [5, 5.41) is 5.11. The van der Waals surface area contributed by atoms with Crippen LogP contribution in [0, 0.1) is 11.6 Å². The summed E-state index contributed by atoms with van der Waals surface area (Å²) in [4.78, 5) is 22.6. The molecule has 1 saturated heterocycles. The Balaban J connectivity index is 2.09. The van der Waals surface area contributed by atoms with Gasteiger partial charge in [-0.05, 0) is 19.4 Å². The third-order valence-corrected chi connectivity index (χ3v) is 3.14. The molecule has 2 atom stereocenters. The lowest BCUT2D eigenvalue weighted by molar-refractivity contribution is -0.134. The van der Waals surface area contributed by atoms with Crippen molar-refractivity contribution in [3.63, 3.8) is 0 Å². The highest BCUT2D eigenvalue weighted by Crippen LogP contribution is 2.20. The zero-order valence-corrected chi connectivity index (χ0v) is 10.4. The molecule has 0 aromatic heterocycles. The highest BCUT2D eigenvalue weighted by atomic mass is 19.2. The maximum Gasteiger partial charge on any atom is 0.243 e. The van der Waals surface area contributed by atoms with Gasteiger partial charge in [0.2, 0.25) is 11.8 Å². The van der Waals surface area contributed by atoms with E-state index in [0.29, 0.717) is 6.42 Å². The average molecular weight is 268 g/mol. The first-order chi connectivity index (χ1) is 8.99. The lowest BCUT2D eigenvalue weighted by Crippen LogP contribution is -2.51. The van der Waals surface area contributed by atoms with Crippen molar-refractivity contribution in [2.24, 2.45) is 0 Å². The highest BCUT2D eigenvalue weighted by molar-refractivity contribution is 6.00. The van der Waals surface area contributed by atoms with Gasteiger partial charge in [-0.25, -0.2) is 8.78 Å². The number of hydrogen-bond acceptors (Lipinski definition) is 3. The van der Waals surface area contributed by atoms with Gasteiger partial charge in [0.1, 0.15) is 0 Å². The molecule has 0 saturated carbocycles. The van der Waals surface area contributed by atoms with Crippen LogP contribution in [0.1, 0.15) is 31.4 Å². The molecule has 0 radical (unpaired) electrons. The summed E-state index contributed by atoms with van der Waals surface area (Å²) in [5.41, 5.74) is 0.157. The Labute approximate surface area is 109 Å². The molecule has 19 heavy (non-hydrogen) atoms. The second-order valence-corrected chi connectivity index (χ2v) is 4.54. The van der Waals surface area contributed by atoms with Crippen molar-refractivity contribution in [1.82, 2.24) is 10.6 Å². The molecular weight excluding hydrogens is 254 g/mol. The van der Waals surface area contributed by atoms with Crippen LogP contribution in [0.15, 0.2) is 18.2 Å². The summed E-state index contributed by atoms with van der Waals surface area (Å²) < 4.78 is 26.7. The Morgan fingerprint density at radius 3 is 2.79 bits per heavy atom. The Morgan fingerprint density at radius 2 is 2.11 bits per heavy atom. The van der Waals surface area contributed by atoms with E-state index < -0.39 is 29.6 Å². The number of nitrogens with one attached hydrogen (secondary N) is 2. The first kappa shape index (κ1) is 13.6. The third kappa shape index (κ3) is 2.96. The van der Waals surface area contributed by atoms with E-state index in [-0.39, 0.29) is 17.9 Å². The normalized spacial score (nSPS) is 21.1. The van der Waals surface area contributed by atoms with Crippen molar-refractivity contribution in [2.75, 3.05) is 0 Å². The summed E-state index contributed by atoms with van der Waals surface area (Å²) >= 11 is 0. The zero-order valence-electron chi connectivity index (χ0n) is 10.4. The highest BCUT2D eigenvalue weighted by Gasteiger charge is 2.28. The molecule has 2 unspecified atom stereocenters. The van der Waals surface area contributed by atoms with E-state index in [1.807, 2.05) is 0 Å². The maximum atomic E-state index is 13.6. The molecule has 2 rings (SSSR count). The minimum Gasteiger partial charge on any atom is -0.299 e. The van der Waals surface area contributed by atoms with Crippen LogP contribution in [-0.2, 0) is 9.59 Å². The zero-order chi connectivity index (χ0) is 14.0. The van der Waals surface area contributed by atoms with Crippen molar-refractivity contribution < 1.29 is 18.4 Å². The summed E-state index contributed by atoms with van der Waals surface area (Å²) in [6.07, 6.45) is 0.591. The molecule has 1 aromatic rings. The van der Waals surface area contributed by atoms with E-state index in [9.17, 15) is 18.4 Å². The number of imide groups is 1. The lowest BCUT2D eigenvalue weighted by atomic mass is 10.0. The molecule has 1 heterocycles. The van der Waals surface area contributed by atoms with Crippen LogP contribution in [-0.4, -0.2) is 17.9 Å². The SMILES string of the molecule is CC(NC1CCC(=O)NC1=O)c1cccc(F)c1F. The molecule has 0 spiro atoms. The number of piperidine rings is 1. The number of halogens is 2. The third-order valence-electron chi connectivity index (χ3n) is 3.14. The molecule has 1 aliphatic heterocycles. The van der Waals surface area contributed by atoms with Crippen LogP contribution in [0.3, 0.4) is 0 Å². The van der Waals surface area contributed by atoms with Gasteiger partial charge in [0.05, 0.1) is 6.04 Å².